The lowest BCUT2D eigenvalue weighted by Crippen LogP contribution is -2.29. The molecule has 1 saturated carbocycles. The smallest absolute Gasteiger partial charge is 0.0791 e. The van der Waals surface area contributed by atoms with Gasteiger partial charge >= 0.3 is 0 Å². The Hall–Kier alpha value is -1.45. The number of aromatic nitrogens is 1. The quantitative estimate of drug-likeness (QED) is 0.915. The normalized spacial score (nSPS) is 18.5. The van der Waals surface area contributed by atoms with Crippen LogP contribution in [0.3, 0.4) is 0 Å². The van der Waals surface area contributed by atoms with Crippen molar-refractivity contribution in [2.24, 2.45) is 11.7 Å². The van der Waals surface area contributed by atoms with E-state index in [-0.39, 0.29) is 12.1 Å². The average molecular weight is 256 g/mol. The van der Waals surface area contributed by atoms with Crippen molar-refractivity contribution < 1.29 is 4.74 Å². The summed E-state index contributed by atoms with van der Waals surface area (Å²) in [5.74, 6) is 0.631. The Morgan fingerprint density at radius 1 is 1.26 bits per heavy atom. The fourth-order valence-corrected chi connectivity index (χ4v) is 2.70. The largest absolute Gasteiger partial charge is 0.379 e. The van der Waals surface area contributed by atoms with E-state index in [2.05, 4.69) is 29.2 Å². The second kappa shape index (κ2) is 4.91. The third-order valence-electron chi connectivity index (χ3n) is 3.95. The van der Waals surface area contributed by atoms with E-state index < -0.39 is 0 Å². The van der Waals surface area contributed by atoms with Crippen LogP contribution in [-0.2, 0) is 4.74 Å². The van der Waals surface area contributed by atoms with Crippen LogP contribution < -0.4 is 5.73 Å². The number of hydrogen-bond donors (Lipinski definition) is 1. The van der Waals surface area contributed by atoms with Crippen LogP contribution in [0.4, 0.5) is 0 Å². The number of pyridine rings is 1. The number of aryl methyl sites for hydroxylation is 1. The summed E-state index contributed by atoms with van der Waals surface area (Å²) in [5.41, 5.74) is 9.57. The monoisotopic (exact) mass is 256 g/mol. The molecule has 1 aliphatic carbocycles. The van der Waals surface area contributed by atoms with Gasteiger partial charge in [0.25, 0.3) is 0 Å². The SMILES string of the molecule is COC(C1CC1)C(N)c1ccc2nc(C)ccc2c1. The van der Waals surface area contributed by atoms with Gasteiger partial charge in [0.05, 0.1) is 17.7 Å². The third-order valence-corrected chi connectivity index (χ3v) is 3.95. The van der Waals surface area contributed by atoms with Crippen molar-refractivity contribution in [1.29, 1.82) is 0 Å². The maximum atomic E-state index is 6.37. The van der Waals surface area contributed by atoms with Gasteiger partial charge in [-0.05, 0) is 49.4 Å². The highest BCUT2D eigenvalue weighted by Gasteiger charge is 2.35. The van der Waals surface area contributed by atoms with Gasteiger partial charge < -0.3 is 10.5 Å². The Kier molecular flexibility index (Phi) is 3.25. The molecule has 0 bridgehead atoms. The van der Waals surface area contributed by atoms with E-state index in [0.717, 1.165) is 22.2 Å². The van der Waals surface area contributed by atoms with Crippen LogP contribution in [0.25, 0.3) is 10.9 Å². The molecule has 0 amide bonds. The molecule has 0 saturated heterocycles. The topological polar surface area (TPSA) is 48.1 Å². The number of methoxy groups -OCH3 is 1. The molecule has 0 spiro atoms. The van der Waals surface area contributed by atoms with E-state index in [1.807, 2.05) is 13.0 Å². The maximum Gasteiger partial charge on any atom is 0.0791 e. The average Bonchev–Trinajstić information content (AvgIpc) is 3.23. The minimum absolute atomic E-state index is 0.0526. The number of ether oxygens (including phenoxy) is 1. The molecule has 2 atom stereocenters. The lowest BCUT2D eigenvalue weighted by atomic mass is 9.97. The van der Waals surface area contributed by atoms with E-state index in [4.69, 9.17) is 10.5 Å². The molecule has 1 aliphatic rings. The second-order valence-electron chi connectivity index (χ2n) is 5.47. The van der Waals surface area contributed by atoms with Crippen LogP contribution in [0.1, 0.15) is 30.1 Å². The van der Waals surface area contributed by atoms with Crippen molar-refractivity contribution in [2.45, 2.75) is 31.9 Å². The molecular weight excluding hydrogens is 236 g/mol. The first-order valence-electron chi connectivity index (χ1n) is 6.85. The first-order chi connectivity index (χ1) is 9.19. The van der Waals surface area contributed by atoms with Gasteiger partial charge in [0.15, 0.2) is 0 Å². The van der Waals surface area contributed by atoms with Gasteiger partial charge in [0.1, 0.15) is 0 Å². The lowest BCUT2D eigenvalue weighted by molar-refractivity contribution is 0.0624. The number of nitrogens with zero attached hydrogens (tertiary/aromatic N) is 1. The molecule has 1 aromatic heterocycles. The van der Waals surface area contributed by atoms with Crippen LogP contribution in [0.5, 0.6) is 0 Å². The summed E-state index contributed by atoms with van der Waals surface area (Å²) in [5, 5.41) is 1.14. The van der Waals surface area contributed by atoms with Gasteiger partial charge in [-0.3, -0.25) is 4.98 Å². The lowest BCUT2D eigenvalue weighted by Gasteiger charge is -2.23. The zero-order chi connectivity index (χ0) is 13.4. The van der Waals surface area contributed by atoms with Gasteiger partial charge in [-0.2, -0.15) is 0 Å². The second-order valence-corrected chi connectivity index (χ2v) is 5.47. The Morgan fingerprint density at radius 2 is 2.05 bits per heavy atom. The Labute approximate surface area is 113 Å². The van der Waals surface area contributed by atoms with E-state index in [9.17, 15) is 0 Å². The highest BCUT2D eigenvalue weighted by Crippen LogP contribution is 2.39. The first-order valence-corrected chi connectivity index (χ1v) is 6.85. The maximum absolute atomic E-state index is 6.37. The minimum Gasteiger partial charge on any atom is -0.379 e. The zero-order valence-corrected chi connectivity index (χ0v) is 11.5. The summed E-state index contributed by atoms with van der Waals surface area (Å²) in [6.45, 7) is 2.01. The zero-order valence-electron chi connectivity index (χ0n) is 11.5. The standard InChI is InChI=1S/C16H20N2O/c1-10-3-4-12-9-13(7-8-14(12)18-10)15(17)16(19-2)11-5-6-11/h3-4,7-9,11,15-16H,5-6,17H2,1-2H3. The molecule has 0 radical (unpaired) electrons. The van der Waals surface area contributed by atoms with Crippen molar-refractivity contribution >= 4 is 10.9 Å². The van der Waals surface area contributed by atoms with E-state index in [0.29, 0.717) is 5.92 Å². The van der Waals surface area contributed by atoms with E-state index in [1.165, 1.54) is 12.8 Å². The van der Waals surface area contributed by atoms with Gasteiger partial charge in [0, 0.05) is 18.2 Å². The van der Waals surface area contributed by atoms with Gasteiger partial charge in [0.2, 0.25) is 0 Å². The summed E-state index contributed by atoms with van der Waals surface area (Å²) in [6.07, 6.45) is 2.61. The molecular formula is C16H20N2O. The van der Waals surface area contributed by atoms with Gasteiger partial charge in [-0.25, -0.2) is 0 Å². The Morgan fingerprint density at radius 3 is 2.74 bits per heavy atom. The number of benzene rings is 1. The predicted molar refractivity (Wildman–Crippen MR) is 76.9 cm³/mol. The highest BCUT2D eigenvalue weighted by atomic mass is 16.5. The van der Waals surface area contributed by atoms with Crippen molar-refractivity contribution in [3.8, 4) is 0 Å². The van der Waals surface area contributed by atoms with E-state index in [1.54, 1.807) is 7.11 Å². The molecule has 1 heterocycles. The first kappa shape index (κ1) is 12.6. The molecule has 1 aromatic carbocycles. The summed E-state index contributed by atoms with van der Waals surface area (Å²) >= 11 is 0. The number of nitrogens with two attached hydrogens (primary N) is 1. The molecule has 2 unspecified atom stereocenters. The predicted octanol–water partition coefficient (Wildman–Crippen LogP) is 2.97. The van der Waals surface area contributed by atoms with Crippen molar-refractivity contribution in [1.82, 2.24) is 4.98 Å². The van der Waals surface area contributed by atoms with Crippen molar-refractivity contribution in [3.63, 3.8) is 0 Å². The Bertz CT molecular complexity index is 592. The number of fused-ring (bicyclic) bond motifs is 1. The molecule has 19 heavy (non-hydrogen) atoms. The Balaban J connectivity index is 1.93. The minimum atomic E-state index is -0.0526. The van der Waals surface area contributed by atoms with Gasteiger partial charge in [-0.15, -0.1) is 0 Å². The molecule has 3 heteroatoms. The van der Waals surface area contributed by atoms with Crippen LogP contribution in [0.15, 0.2) is 30.3 Å². The molecule has 3 rings (SSSR count). The molecule has 3 nitrogen and oxygen atoms in total. The molecule has 100 valence electrons. The van der Waals surface area contributed by atoms with Gasteiger partial charge in [-0.1, -0.05) is 12.1 Å². The number of rotatable bonds is 4. The highest BCUT2D eigenvalue weighted by molar-refractivity contribution is 5.79. The molecule has 0 aliphatic heterocycles. The van der Waals surface area contributed by atoms with E-state index >= 15 is 0 Å². The van der Waals surface area contributed by atoms with Crippen molar-refractivity contribution in [3.05, 3.63) is 41.6 Å². The fourth-order valence-electron chi connectivity index (χ4n) is 2.70. The number of hydrogen-bond acceptors (Lipinski definition) is 3. The van der Waals surface area contributed by atoms with Crippen LogP contribution in [0, 0.1) is 12.8 Å². The molecule has 2 aromatic rings. The summed E-state index contributed by atoms with van der Waals surface area (Å²) < 4.78 is 5.58. The summed E-state index contributed by atoms with van der Waals surface area (Å²) in [4.78, 5) is 4.52. The third kappa shape index (κ3) is 2.48. The molecule has 1 fully saturated rings. The van der Waals surface area contributed by atoms with Crippen LogP contribution in [0.2, 0.25) is 0 Å². The summed E-state index contributed by atoms with van der Waals surface area (Å²) in [6, 6.07) is 10.4. The van der Waals surface area contributed by atoms with Crippen molar-refractivity contribution in [2.75, 3.05) is 7.11 Å². The van der Waals surface area contributed by atoms with Crippen LogP contribution in [-0.4, -0.2) is 18.2 Å². The fraction of sp³-hybridized carbons (Fsp3) is 0.438. The molecule has 2 N–H and O–H groups in total. The van der Waals surface area contributed by atoms with Crippen LogP contribution >= 0.6 is 0 Å². The summed E-state index contributed by atoms with van der Waals surface area (Å²) in [7, 11) is 1.76.